The van der Waals surface area contributed by atoms with Crippen LogP contribution in [0, 0.1) is 11.8 Å². The van der Waals surface area contributed by atoms with Crippen LogP contribution in [0.5, 0.6) is 0 Å². The van der Waals surface area contributed by atoms with Crippen molar-refractivity contribution < 1.29 is 0 Å². The fraction of sp³-hybridized carbons (Fsp3) is 0.818. The summed E-state index contributed by atoms with van der Waals surface area (Å²) in [5.74, 6) is 6.42. The first-order valence-corrected chi connectivity index (χ1v) is 5.32. The molecule has 74 valence electrons. The number of hydrogen-bond donors (Lipinski definition) is 1. The lowest BCUT2D eigenvalue weighted by atomic mass is 10.3. The third-order valence-corrected chi connectivity index (χ3v) is 2.24. The maximum atomic E-state index is 3.39. The molecule has 0 aromatic rings. The molecule has 13 heavy (non-hydrogen) atoms. The average Bonchev–Trinajstić information content (AvgIpc) is 2.41. The topological polar surface area (TPSA) is 15.3 Å². The minimum Gasteiger partial charge on any atom is -0.315 e. The SMILES string of the molecule is CCCC#CCN1CCCNCC1. The maximum absolute atomic E-state index is 3.39. The first-order valence-electron chi connectivity index (χ1n) is 5.32. The van der Waals surface area contributed by atoms with Crippen LogP contribution in [0.1, 0.15) is 26.2 Å². The Hall–Kier alpha value is -0.520. The molecule has 2 nitrogen and oxygen atoms in total. The quantitative estimate of drug-likeness (QED) is 0.640. The minimum absolute atomic E-state index is 0.960. The number of rotatable bonds is 2. The molecule has 0 spiro atoms. The molecular weight excluding hydrogens is 160 g/mol. The van der Waals surface area contributed by atoms with E-state index in [2.05, 4.69) is 29.0 Å². The summed E-state index contributed by atoms with van der Waals surface area (Å²) < 4.78 is 0. The van der Waals surface area contributed by atoms with Gasteiger partial charge in [0.25, 0.3) is 0 Å². The van der Waals surface area contributed by atoms with Gasteiger partial charge in [0.2, 0.25) is 0 Å². The van der Waals surface area contributed by atoms with Gasteiger partial charge in [-0.3, -0.25) is 4.90 Å². The van der Waals surface area contributed by atoms with Crippen molar-refractivity contribution in [3.05, 3.63) is 0 Å². The molecule has 0 aromatic heterocycles. The van der Waals surface area contributed by atoms with Crippen molar-refractivity contribution in [1.82, 2.24) is 10.2 Å². The van der Waals surface area contributed by atoms with Crippen LogP contribution in [-0.4, -0.2) is 37.6 Å². The van der Waals surface area contributed by atoms with Crippen molar-refractivity contribution in [2.24, 2.45) is 0 Å². The van der Waals surface area contributed by atoms with Crippen molar-refractivity contribution in [2.45, 2.75) is 26.2 Å². The molecule has 1 rings (SSSR count). The Labute approximate surface area is 81.7 Å². The number of nitrogens with one attached hydrogen (secondary N) is 1. The van der Waals surface area contributed by atoms with Crippen LogP contribution >= 0.6 is 0 Å². The number of nitrogens with zero attached hydrogens (tertiary/aromatic N) is 1. The predicted octanol–water partition coefficient (Wildman–Crippen LogP) is 1.09. The lowest BCUT2D eigenvalue weighted by Crippen LogP contribution is -2.28. The van der Waals surface area contributed by atoms with E-state index < -0.39 is 0 Å². The summed E-state index contributed by atoms with van der Waals surface area (Å²) in [7, 11) is 0. The molecule has 1 heterocycles. The van der Waals surface area contributed by atoms with Gasteiger partial charge in [0.15, 0.2) is 0 Å². The lowest BCUT2D eigenvalue weighted by molar-refractivity contribution is 0.329. The lowest BCUT2D eigenvalue weighted by Gasteiger charge is -2.15. The van der Waals surface area contributed by atoms with Crippen LogP contribution < -0.4 is 5.32 Å². The van der Waals surface area contributed by atoms with Crippen molar-refractivity contribution >= 4 is 0 Å². The third-order valence-electron chi connectivity index (χ3n) is 2.24. The molecular formula is C11H20N2. The highest BCUT2D eigenvalue weighted by Crippen LogP contribution is 1.93. The monoisotopic (exact) mass is 180 g/mol. The molecule has 0 unspecified atom stereocenters. The zero-order valence-corrected chi connectivity index (χ0v) is 8.60. The van der Waals surface area contributed by atoms with Crippen molar-refractivity contribution in [1.29, 1.82) is 0 Å². The second-order valence-electron chi connectivity index (χ2n) is 3.48. The third kappa shape index (κ3) is 4.92. The smallest absolute Gasteiger partial charge is 0.0602 e. The summed E-state index contributed by atoms with van der Waals surface area (Å²) in [5, 5.41) is 3.39. The zero-order valence-electron chi connectivity index (χ0n) is 8.60. The van der Waals surface area contributed by atoms with Gasteiger partial charge in [0.05, 0.1) is 6.54 Å². The summed E-state index contributed by atoms with van der Waals surface area (Å²) in [5.41, 5.74) is 0. The van der Waals surface area contributed by atoms with E-state index >= 15 is 0 Å². The second-order valence-corrected chi connectivity index (χ2v) is 3.48. The van der Waals surface area contributed by atoms with Crippen LogP contribution in [0.2, 0.25) is 0 Å². The largest absolute Gasteiger partial charge is 0.315 e. The summed E-state index contributed by atoms with van der Waals surface area (Å²) >= 11 is 0. The first-order chi connectivity index (χ1) is 6.43. The van der Waals surface area contributed by atoms with Crippen LogP contribution in [0.15, 0.2) is 0 Å². The van der Waals surface area contributed by atoms with Gasteiger partial charge >= 0.3 is 0 Å². The van der Waals surface area contributed by atoms with E-state index in [9.17, 15) is 0 Å². The van der Waals surface area contributed by atoms with Crippen LogP contribution in [0.25, 0.3) is 0 Å². The van der Waals surface area contributed by atoms with Crippen LogP contribution in [0.3, 0.4) is 0 Å². The van der Waals surface area contributed by atoms with E-state index in [1.54, 1.807) is 0 Å². The van der Waals surface area contributed by atoms with Gasteiger partial charge < -0.3 is 5.32 Å². The summed E-state index contributed by atoms with van der Waals surface area (Å²) in [6.45, 7) is 7.77. The van der Waals surface area contributed by atoms with Gasteiger partial charge in [0.1, 0.15) is 0 Å². The molecule has 1 aliphatic heterocycles. The molecule has 0 radical (unpaired) electrons. The Morgan fingerprint density at radius 1 is 1.23 bits per heavy atom. The Balaban J connectivity index is 2.16. The van der Waals surface area contributed by atoms with Crippen LogP contribution in [0.4, 0.5) is 0 Å². The van der Waals surface area contributed by atoms with Gasteiger partial charge in [-0.05, 0) is 19.4 Å². The highest BCUT2D eigenvalue weighted by atomic mass is 15.1. The Morgan fingerprint density at radius 2 is 2.15 bits per heavy atom. The van der Waals surface area contributed by atoms with Gasteiger partial charge in [-0.25, -0.2) is 0 Å². The molecule has 1 saturated heterocycles. The number of unbranched alkanes of at least 4 members (excludes halogenated alkanes) is 1. The fourth-order valence-electron chi connectivity index (χ4n) is 1.44. The normalized spacial score (nSPS) is 18.8. The second kappa shape index (κ2) is 6.94. The first kappa shape index (κ1) is 10.6. The molecule has 1 fully saturated rings. The standard InChI is InChI=1S/C11H20N2/c1-2-3-4-5-9-13-10-6-7-12-8-11-13/h12H,2-3,6-11H2,1H3. The van der Waals surface area contributed by atoms with Crippen LogP contribution in [-0.2, 0) is 0 Å². The van der Waals surface area contributed by atoms with E-state index in [-0.39, 0.29) is 0 Å². The van der Waals surface area contributed by atoms with E-state index in [0.29, 0.717) is 0 Å². The fourth-order valence-corrected chi connectivity index (χ4v) is 1.44. The van der Waals surface area contributed by atoms with Crippen molar-refractivity contribution in [3.8, 4) is 11.8 Å². The molecule has 0 atom stereocenters. The maximum Gasteiger partial charge on any atom is 0.0602 e. The Bertz CT molecular complexity index is 170. The van der Waals surface area contributed by atoms with E-state index in [1.807, 2.05) is 0 Å². The summed E-state index contributed by atoms with van der Waals surface area (Å²) in [6.07, 6.45) is 3.48. The molecule has 0 aromatic carbocycles. The number of hydrogen-bond acceptors (Lipinski definition) is 2. The summed E-state index contributed by atoms with van der Waals surface area (Å²) in [4.78, 5) is 2.43. The minimum atomic E-state index is 0.960. The van der Waals surface area contributed by atoms with Gasteiger partial charge in [-0.2, -0.15) is 0 Å². The predicted molar refractivity (Wildman–Crippen MR) is 56.6 cm³/mol. The van der Waals surface area contributed by atoms with Gasteiger partial charge in [-0.1, -0.05) is 12.8 Å². The molecule has 1 N–H and O–H groups in total. The molecule has 0 aliphatic carbocycles. The Morgan fingerprint density at radius 3 is 3.00 bits per heavy atom. The zero-order chi connectivity index (χ0) is 9.36. The highest BCUT2D eigenvalue weighted by molar-refractivity contribution is 5.01. The highest BCUT2D eigenvalue weighted by Gasteiger charge is 2.05. The van der Waals surface area contributed by atoms with Gasteiger partial charge in [-0.15, -0.1) is 5.92 Å². The van der Waals surface area contributed by atoms with Gasteiger partial charge in [0, 0.05) is 26.1 Å². The van der Waals surface area contributed by atoms with E-state index in [4.69, 9.17) is 0 Å². The summed E-state index contributed by atoms with van der Waals surface area (Å²) in [6, 6.07) is 0. The Kier molecular flexibility index (Phi) is 5.64. The van der Waals surface area contributed by atoms with E-state index in [0.717, 1.165) is 26.1 Å². The van der Waals surface area contributed by atoms with Crippen molar-refractivity contribution in [2.75, 3.05) is 32.7 Å². The average molecular weight is 180 g/mol. The molecule has 1 aliphatic rings. The molecule has 2 heteroatoms. The molecule has 0 saturated carbocycles. The van der Waals surface area contributed by atoms with Crippen molar-refractivity contribution in [3.63, 3.8) is 0 Å². The molecule has 0 amide bonds. The molecule has 0 bridgehead atoms. The van der Waals surface area contributed by atoms with E-state index in [1.165, 1.54) is 25.9 Å².